The predicted molar refractivity (Wildman–Crippen MR) is 92.3 cm³/mol. The van der Waals surface area contributed by atoms with Gasteiger partial charge < -0.3 is 10.3 Å². The van der Waals surface area contributed by atoms with Crippen LogP contribution in [0.1, 0.15) is 26.6 Å². The summed E-state index contributed by atoms with van der Waals surface area (Å²) < 4.78 is 2.78. The second kappa shape index (κ2) is 5.75. The number of nitrogens with zero attached hydrogens (tertiary/aromatic N) is 2. The second-order valence-electron chi connectivity index (χ2n) is 5.83. The lowest BCUT2D eigenvalue weighted by molar-refractivity contribution is 0.517. The fraction of sp³-hybridized carbons (Fsp3) is 0.312. The second-order valence-corrected chi connectivity index (χ2v) is 7.16. The molecule has 0 saturated carbocycles. The van der Waals surface area contributed by atoms with Crippen LogP contribution in [-0.4, -0.2) is 9.55 Å². The summed E-state index contributed by atoms with van der Waals surface area (Å²) in [5.74, 6) is 4.03. The van der Waals surface area contributed by atoms with E-state index in [-0.39, 0.29) is 5.41 Å². The smallest absolute Gasteiger partial charge is 0.132 e. The summed E-state index contributed by atoms with van der Waals surface area (Å²) in [6, 6.07) is 5.64. The van der Waals surface area contributed by atoms with Crippen LogP contribution in [-0.2, 0) is 12.0 Å². The van der Waals surface area contributed by atoms with E-state index in [0.29, 0.717) is 23.1 Å². The maximum Gasteiger partial charge on any atom is 0.132 e. The third kappa shape index (κ3) is 3.09. The Morgan fingerprint density at radius 1 is 1.43 bits per heavy atom. The fourth-order valence-electron chi connectivity index (χ4n) is 2.17. The van der Waals surface area contributed by atoms with Gasteiger partial charge in [0.1, 0.15) is 17.3 Å². The van der Waals surface area contributed by atoms with Crippen LogP contribution in [0.4, 0.5) is 5.82 Å². The van der Waals surface area contributed by atoms with Crippen molar-refractivity contribution in [1.82, 2.24) is 9.55 Å². The zero-order valence-electron chi connectivity index (χ0n) is 12.2. The van der Waals surface area contributed by atoms with Gasteiger partial charge in [0.05, 0.1) is 11.6 Å². The first-order valence-electron chi connectivity index (χ1n) is 6.51. The standard InChI is InChI=1S/C16H17BrClN3/c1-5-8-21-14(19)13(20-15(21)16(2,3)4)11-7-6-10(17)9-12(11)18/h1,6-7,9H,8,19H2,2-4H3. The molecule has 110 valence electrons. The molecular formula is C16H17BrClN3. The highest BCUT2D eigenvalue weighted by molar-refractivity contribution is 9.10. The van der Waals surface area contributed by atoms with E-state index >= 15 is 0 Å². The third-order valence-corrected chi connectivity index (χ3v) is 3.92. The van der Waals surface area contributed by atoms with Crippen LogP contribution in [0.25, 0.3) is 11.3 Å². The third-order valence-electron chi connectivity index (χ3n) is 3.11. The van der Waals surface area contributed by atoms with Crippen LogP contribution in [0.3, 0.4) is 0 Å². The van der Waals surface area contributed by atoms with Gasteiger partial charge in [0.15, 0.2) is 0 Å². The maximum absolute atomic E-state index is 6.31. The first-order chi connectivity index (χ1) is 9.75. The number of imidazole rings is 1. The molecule has 0 amide bonds. The average molecular weight is 367 g/mol. The molecule has 0 aliphatic carbocycles. The Morgan fingerprint density at radius 2 is 2.10 bits per heavy atom. The molecule has 3 nitrogen and oxygen atoms in total. The summed E-state index contributed by atoms with van der Waals surface area (Å²) in [4.78, 5) is 4.70. The number of nitrogens with two attached hydrogens (primary N) is 1. The van der Waals surface area contributed by atoms with E-state index in [1.165, 1.54) is 0 Å². The number of hydrogen-bond donors (Lipinski definition) is 1. The van der Waals surface area contributed by atoms with E-state index in [4.69, 9.17) is 28.7 Å². The molecule has 0 saturated heterocycles. The number of hydrogen-bond acceptors (Lipinski definition) is 2. The highest BCUT2D eigenvalue weighted by Crippen LogP contribution is 2.36. The number of nitrogen functional groups attached to an aromatic ring is 1. The van der Waals surface area contributed by atoms with Crippen LogP contribution in [0.5, 0.6) is 0 Å². The Morgan fingerprint density at radius 3 is 2.62 bits per heavy atom. The Balaban J connectivity index is 2.68. The SMILES string of the molecule is C#CCn1c(C(C)(C)C)nc(-c2ccc(Br)cc2Cl)c1N. The van der Waals surface area contributed by atoms with Gasteiger partial charge in [-0.05, 0) is 12.1 Å². The van der Waals surface area contributed by atoms with Gasteiger partial charge in [0.25, 0.3) is 0 Å². The molecule has 0 spiro atoms. The first kappa shape index (κ1) is 15.9. The van der Waals surface area contributed by atoms with Crippen LogP contribution >= 0.6 is 27.5 Å². The molecule has 0 aliphatic rings. The van der Waals surface area contributed by atoms with E-state index in [1.807, 2.05) is 22.8 Å². The first-order valence-corrected chi connectivity index (χ1v) is 7.68. The largest absolute Gasteiger partial charge is 0.383 e. The maximum atomic E-state index is 6.31. The van der Waals surface area contributed by atoms with E-state index in [9.17, 15) is 0 Å². The van der Waals surface area contributed by atoms with Crippen LogP contribution in [0.15, 0.2) is 22.7 Å². The number of benzene rings is 1. The molecule has 0 atom stereocenters. The van der Waals surface area contributed by atoms with Crippen LogP contribution in [0, 0.1) is 12.3 Å². The lowest BCUT2D eigenvalue weighted by atomic mass is 9.95. The summed E-state index contributed by atoms with van der Waals surface area (Å²) in [5.41, 5.74) is 7.58. The predicted octanol–water partition coefficient (Wildman–Crippen LogP) is 4.48. The summed E-state index contributed by atoms with van der Waals surface area (Å²) in [5, 5.41) is 0.599. The van der Waals surface area contributed by atoms with Gasteiger partial charge in [-0.2, -0.15) is 0 Å². The van der Waals surface area contributed by atoms with Crippen molar-refractivity contribution in [1.29, 1.82) is 0 Å². The molecule has 2 aromatic rings. The van der Waals surface area contributed by atoms with Gasteiger partial charge in [0, 0.05) is 15.5 Å². The van der Waals surface area contributed by atoms with Crippen LogP contribution < -0.4 is 5.73 Å². The molecule has 0 radical (unpaired) electrons. The summed E-state index contributed by atoms with van der Waals surface area (Å²) in [6.07, 6.45) is 5.45. The lowest BCUT2D eigenvalue weighted by Crippen LogP contribution is -2.19. The normalized spacial score (nSPS) is 11.4. The van der Waals surface area contributed by atoms with E-state index in [2.05, 4.69) is 42.6 Å². The Kier molecular flexibility index (Phi) is 4.36. The summed E-state index contributed by atoms with van der Waals surface area (Å²) in [6.45, 7) is 6.62. The van der Waals surface area contributed by atoms with Crippen molar-refractivity contribution in [3.63, 3.8) is 0 Å². The van der Waals surface area contributed by atoms with Crippen LogP contribution in [0.2, 0.25) is 5.02 Å². The molecule has 0 fully saturated rings. The quantitative estimate of drug-likeness (QED) is 0.796. The van der Waals surface area contributed by atoms with Gasteiger partial charge in [-0.3, -0.25) is 0 Å². The van der Waals surface area contributed by atoms with Crippen molar-refractivity contribution in [3.05, 3.63) is 33.5 Å². The topological polar surface area (TPSA) is 43.8 Å². The molecule has 21 heavy (non-hydrogen) atoms. The lowest BCUT2D eigenvalue weighted by Gasteiger charge is -2.18. The summed E-state index contributed by atoms with van der Waals surface area (Å²) in [7, 11) is 0. The molecular weight excluding hydrogens is 350 g/mol. The number of aromatic nitrogens is 2. The molecule has 0 bridgehead atoms. The van der Waals surface area contributed by atoms with E-state index < -0.39 is 0 Å². The van der Waals surface area contributed by atoms with Gasteiger partial charge in [-0.25, -0.2) is 4.98 Å². The zero-order chi connectivity index (χ0) is 15.8. The van der Waals surface area contributed by atoms with Gasteiger partial charge in [-0.1, -0.05) is 60.3 Å². The molecule has 1 heterocycles. The Hall–Kier alpha value is -1.44. The number of halogens is 2. The zero-order valence-corrected chi connectivity index (χ0v) is 14.6. The molecule has 0 aliphatic heterocycles. The van der Waals surface area contributed by atoms with Crippen molar-refractivity contribution >= 4 is 33.3 Å². The van der Waals surface area contributed by atoms with Gasteiger partial charge in [-0.15, -0.1) is 6.42 Å². The van der Waals surface area contributed by atoms with Crippen molar-refractivity contribution in [2.45, 2.75) is 32.7 Å². The molecule has 2 rings (SSSR count). The minimum Gasteiger partial charge on any atom is -0.383 e. The minimum atomic E-state index is -0.162. The number of anilines is 1. The number of terminal acetylenes is 1. The highest BCUT2D eigenvalue weighted by atomic mass is 79.9. The van der Waals surface area contributed by atoms with E-state index in [1.54, 1.807) is 0 Å². The molecule has 2 N–H and O–H groups in total. The van der Waals surface area contributed by atoms with Crippen molar-refractivity contribution in [2.24, 2.45) is 0 Å². The molecule has 1 aromatic carbocycles. The van der Waals surface area contributed by atoms with Crippen molar-refractivity contribution in [2.75, 3.05) is 5.73 Å². The number of rotatable bonds is 2. The molecule has 1 aromatic heterocycles. The highest BCUT2D eigenvalue weighted by Gasteiger charge is 2.25. The Labute approximate surface area is 138 Å². The minimum absolute atomic E-state index is 0.162. The van der Waals surface area contributed by atoms with Crippen molar-refractivity contribution in [3.8, 4) is 23.6 Å². The fourth-order valence-corrected chi connectivity index (χ4v) is 2.93. The van der Waals surface area contributed by atoms with Crippen molar-refractivity contribution < 1.29 is 0 Å². The summed E-state index contributed by atoms with van der Waals surface area (Å²) >= 11 is 9.71. The molecule has 5 heteroatoms. The average Bonchev–Trinajstić information content (AvgIpc) is 2.68. The monoisotopic (exact) mass is 365 g/mol. The Bertz CT molecular complexity index is 720. The van der Waals surface area contributed by atoms with E-state index in [0.717, 1.165) is 15.9 Å². The van der Waals surface area contributed by atoms with Gasteiger partial charge in [0.2, 0.25) is 0 Å². The van der Waals surface area contributed by atoms with Gasteiger partial charge >= 0.3 is 0 Å². The molecule has 0 unspecified atom stereocenters.